The van der Waals surface area contributed by atoms with E-state index in [2.05, 4.69) is 10.8 Å². The van der Waals surface area contributed by atoms with Crippen molar-refractivity contribution in [3.05, 3.63) is 24.3 Å². The summed E-state index contributed by atoms with van der Waals surface area (Å²) in [5, 5.41) is 0. The second kappa shape index (κ2) is 5.18. The number of benzene rings is 1. The molecule has 0 bridgehead atoms. The van der Waals surface area contributed by atoms with Gasteiger partial charge in [0.05, 0.1) is 12.8 Å². The molecule has 0 saturated carbocycles. The van der Waals surface area contributed by atoms with Gasteiger partial charge in [-0.2, -0.15) is 0 Å². The Morgan fingerprint density at radius 1 is 1.43 bits per heavy atom. The van der Waals surface area contributed by atoms with Crippen LogP contribution in [0.15, 0.2) is 24.3 Å². The van der Waals surface area contributed by atoms with Crippen molar-refractivity contribution in [1.29, 1.82) is 0 Å². The predicted molar refractivity (Wildman–Crippen MR) is 59.7 cm³/mol. The number of rotatable bonds is 4. The molecular formula is C12H15NO. The molecule has 1 aromatic rings. The monoisotopic (exact) mass is 189 g/mol. The van der Waals surface area contributed by atoms with E-state index < -0.39 is 0 Å². The van der Waals surface area contributed by atoms with Gasteiger partial charge in [-0.15, -0.1) is 12.3 Å². The van der Waals surface area contributed by atoms with Crippen molar-refractivity contribution in [1.82, 2.24) is 0 Å². The first-order valence-corrected chi connectivity index (χ1v) is 4.57. The van der Waals surface area contributed by atoms with Gasteiger partial charge in [0, 0.05) is 20.0 Å². The first-order valence-electron chi connectivity index (χ1n) is 4.57. The van der Waals surface area contributed by atoms with E-state index in [0.717, 1.165) is 24.4 Å². The lowest BCUT2D eigenvalue weighted by Gasteiger charge is -2.20. The smallest absolute Gasteiger partial charge is 0.142 e. The minimum Gasteiger partial charge on any atom is -0.495 e. The quantitative estimate of drug-likeness (QED) is 0.673. The van der Waals surface area contributed by atoms with Crippen molar-refractivity contribution in [2.24, 2.45) is 0 Å². The highest BCUT2D eigenvalue weighted by Crippen LogP contribution is 2.26. The van der Waals surface area contributed by atoms with Crippen molar-refractivity contribution in [3.8, 4) is 18.1 Å². The molecule has 0 heterocycles. The minimum atomic E-state index is 0.745. The maximum atomic E-state index is 5.25. The maximum absolute atomic E-state index is 5.25. The van der Waals surface area contributed by atoms with Gasteiger partial charge in [0.25, 0.3) is 0 Å². The van der Waals surface area contributed by atoms with Crippen LogP contribution in [0.2, 0.25) is 0 Å². The number of hydrogen-bond donors (Lipinski definition) is 0. The van der Waals surface area contributed by atoms with E-state index in [1.807, 2.05) is 31.3 Å². The lowest BCUT2D eigenvalue weighted by Crippen LogP contribution is -2.18. The molecule has 0 atom stereocenters. The zero-order valence-corrected chi connectivity index (χ0v) is 8.66. The summed E-state index contributed by atoms with van der Waals surface area (Å²) in [5.74, 6) is 3.50. The number of terminal acetylenes is 1. The molecule has 1 aromatic carbocycles. The summed E-state index contributed by atoms with van der Waals surface area (Å²) < 4.78 is 5.25. The number of anilines is 1. The van der Waals surface area contributed by atoms with Crippen molar-refractivity contribution in [3.63, 3.8) is 0 Å². The summed E-state index contributed by atoms with van der Waals surface area (Å²) >= 11 is 0. The van der Waals surface area contributed by atoms with Crippen LogP contribution in [-0.4, -0.2) is 20.7 Å². The summed E-state index contributed by atoms with van der Waals surface area (Å²) in [6.07, 6.45) is 5.96. The largest absolute Gasteiger partial charge is 0.495 e. The molecule has 74 valence electrons. The molecule has 0 aliphatic heterocycles. The third-order valence-electron chi connectivity index (χ3n) is 2.09. The highest BCUT2D eigenvalue weighted by molar-refractivity contribution is 5.57. The SMILES string of the molecule is C#CCCN(C)c1ccccc1OC. The van der Waals surface area contributed by atoms with Crippen molar-refractivity contribution < 1.29 is 4.74 Å². The van der Waals surface area contributed by atoms with Gasteiger partial charge in [-0.3, -0.25) is 0 Å². The fraction of sp³-hybridized carbons (Fsp3) is 0.333. The Morgan fingerprint density at radius 3 is 2.79 bits per heavy atom. The molecule has 0 spiro atoms. The van der Waals surface area contributed by atoms with Gasteiger partial charge in [0.2, 0.25) is 0 Å². The minimum absolute atomic E-state index is 0.745. The van der Waals surface area contributed by atoms with Gasteiger partial charge in [-0.05, 0) is 12.1 Å². The van der Waals surface area contributed by atoms with E-state index in [4.69, 9.17) is 11.2 Å². The van der Waals surface area contributed by atoms with Gasteiger partial charge in [-0.1, -0.05) is 12.1 Å². The molecular weight excluding hydrogens is 174 g/mol. The van der Waals surface area contributed by atoms with E-state index in [0.29, 0.717) is 0 Å². The van der Waals surface area contributed by atoms with E-state index >= 15 is 0 Å². The third-order valence-corrected chi connectivity index (χ3v) is 2.09. The molecule has 0 amide bonds. The number of ether oxygens (including phenoxy) is 1. The van der Waals surface area contributed by atoms with Gasteiger partial charge < -0.3 is 9.64 Å². The Bertz CT molecular complexity index is 327. The van der Waals surface area contributed by atoms with E-state index in [1.165, 1.54) is 0 Å². The van der Waals surface area contributed by atoms with E-state index in [-0.39, 0.29) is 0 Å². The molecule has 0 aliphatic carbocycles. The second-order valence-electron chi connectivity index (χ2n) is 3.05. The Morgan fingerprint density at radius 2 is 2.14 bits per heavy atom. The molecule has 0 aliphatic rings. The molecule has 0 unspecified atom stereocenters. The molecule has 0 saturated heterocycles. The lowest BCUT2D eigenvalue weighted by molar-refractivity contribution is 0.415. The fourth-order valence-electron chi connectivity index (χ4n) is 1.30. The Labute approximate surface area is 85.5 Å². The fourth-order valence-corrected chi connectivity index (χ4v) is 1.30. The Hall–Kier alpha value is -1.62. The molecule has 14 heavy (non-hydrogen) atoms. The highest BCUT2D eigenvalue weighted by atomic mass is 16.5. The van der Waals surface area contributed by atoms with Gasteiger partial charge in [0.15, 0.2) is 0 Å². The van der Waals surface area contributed by atoms with Crippen LogP contribution in [0.4, 0.5) is 5.69 Å². The van der Waals surface area contributed by atoms with Crippen LogP contribution in [0.5, 0.6) is 5.75 Å². The zero-order valence-electron chi connectivity index (χ0n) is 8.66. The van der Waals surface area contributed by atoms with Crippen LogP contribution in [0.3, 0.4) is 0 Å². The number of methoxy groups -OCH3 is 1. The molecule has 2 heteroatoms. The summed E-state index contributed by atoms with van der Waals surface area (Å²) in [7, 11) is 3.68. The van der Waals surface area contributed by atoms with Crippen molar-refractivity contribution in [2.45, 2.75) is 6.42 Å². The summed E-state index contributed by atoms with van der Waals surface area (Å²) in [4.78, 5) is 2.10. The van der Waals surface area contributed by atoms with Crippen molar-refractivity contribution >= 4 is 5.69 Å². The molecule has 0 radical (unpaired) electrons. The van der Waals surface area contributed by atoms with Crippen LogP contribution >= 0.6 is 0 Å². The average molecular weight is 189 g/mol. The molecule has 0 aromatic heterocycles. The first kappa shape index (κ1) is 10.5. The van der Waals surface area contributed by atoms with Gasteiger partial charge in [-0.25, -0.2) is 0 Å². The topological polar surface area (TPSA) is 12.5 Å². The first-order chi connectivity index (χ1) is 6.79. The van der Waals surface area contributed by atoms with E-state index in [1.54, 1.807) is 7.11 Å². The predicted octanol–water partition coefficient (Wildman–Crippen LogP) is 2.15. The van der Waals surface area contributed by atoms with Crippen LogP contribution in [0.1, 0.15) is 6.42 Å². The van der Waals surface area contributed by atoms with Gasteiger partial charge in [0.1, 0.15) is 5.75 Å². The second-order valence-corrected chi connectivity index (χ2v) is 3.05. The lowest BCUT2D eigenvalue weighted by atomic mass is 10.2. The molecule has 0 fully saturated rings. The van der Waals surface area contributed by atoms with Crippen LogP contribution < -0.4 is 9.64 Å². The normalized spacial score (nSPS) is 9.21. The van der Waals surface area contributed by atoms with Crippen LogP contribution in [0, 0.1) is 12.3 Å². The van der Waals surface area contributed by atoms with Crippen LogP contribution in [-0.2, 0) is 0 Å². The highest BCUT2D eigenvalue weighted by Gasteiger charge is 2.05. The standard InChI is InChI=1S/C12H15NO/c1-4-5-10-13(2)11-8-6-7-9-12(11)14-3/h1,6-9H,5,10H2,2-3H3. The summed E-state index contributed by atoms with van der Waals surface area (Å²) in [6, 6.07) is 7.92. The third kappa shape index (κ3) is 2.43. The number of nitrogens with zero attached hydrogens (tertiary/aromatic N) is 1. The van der Waals surface area contributed by atoms with Crippen molar-refractivity contribution in [2.75, 3.05) is 25.6 Å². The van der Waals surface area contributed by atoms with E-state index in [9.17, 15) is 0 Å². The summed E-state index contributed by atoms with van der Waals surface area (Å²) in [5.41, 5.74) is 1.07. The summed E-state index contributed by atoms with van der Waals surface area (Å²) in [6.45, 7) is 0.844. The van der Waals surface area contributed by atoms with Crippen LogP contribution in [0.25, 0.3) is 0 Å². The zero-order chi connectivity index (χ0) is 10.4. The Balaban J connectivity index is 2.78. The average Bonchev–Trinajstić information content (AvgIpc) is 2.25. The molecule has 0 N–H and O–H groups in total. The number of para-hydroxylation sites is 2. The maximum Gasteiger partial charge on any atom is 0.142 e. The molecule has 2 nitrogen and oxygen atoms in total. The van der Waals surface area contributed by atoms with Gasteiger partial charge >= 0.3 is 0 Å². The molecule has 1 rings (SSSR count). The Kier molecular flexibility index (Phi) is 3.87. The number of hydrogen-bond acceptors (Lipinski definition) is 2.